The monoisotopic (exact) mass is 726 g/mol. The molecule has 2 aliphatic heterocycles. The number of nitrogens with one attached hydrogen (secondary N) is 1. The van der Waals surface area contributed by atoms with Crippen LogP contribution >= 0.6 is 7.82 Å². The highest BCUT2D eigenvalue weighted by atomic mass is 31.2. The van der Waals surface area contributed by atoms with Crippen molar-refractivity contribution in [3.63, 3.8) is 0 Å². The Labute approximate surface area is 288 Å². The van der Waals surface area contributed by atoms with Crippen LogP contribution in [-0.2, 0) is 27.3 Å². The number of H-pyrrole nitrogens is 1. The number of carbonyl (C=O) groups excluding carboxylic acids is 1. The summed E-state index contributed by atoms with van der Waals surface area (Å²) in [6.45, 7) is 1.04. The molecule has 4 aromatic rings. The number of carbonyl (C=O) groups is 2. The van der Waals surface area contributed by atoms with E-state index < -0.39 is 49.3 Å². The highest BCUT2D eigenvalue weighted by Crippen LogP contribution is 2.47. The van der Waals surface area contributed by atoms with Crippen LogP contribution in [0.3, 0.4) is 0 Å². The fourth-order valence-electron chi connectivity index (χ4n) is 7.51. The van der Waals surface area contributed by atoms with E-state index in [2.05, 4.69) is 24.3 Å². The summed E-state index contributed by atoms with van der Waals surface area (Å²) in [5.74, 6) is -3.53. The van der Waals surface area contributed by atoms with Crippen LogP contribution in [0.5, 0.6) is 0 Å². The van der Waals surface area contributed by atoms with E-state index in [1.54, 1.807) is 19.3 Å². The van der Waals surface area contributed by atoms with E-state index in [1.807, 2.05) is 19.2 Å². The third-order valence-corrected chi connectivity index (χ3v) is 10.2. The van der Waals surface area contributed by atoms with Gasteiger partial charge in [0.1, 0.15) is 11.2 Å². The summed E-state index contributed by atoms with van der Waals surface area (Å²) in [6.07, 6.45) is 6.33. The maximum absolute atomic E-state index is 16.3. The lowest BCUT2D eigenvalue weighted by molar-refractivity contribution is 0.0439. The molecule has 1 aliphatic carbocycles. The topological polar surface area (TPSA) is 191 Å². The number of aromatic nitrogens is 3. The number of aromatic carboxylic acids is 1. The second-order valence-electron chi connectivity index (χ2n) is 12.9. The molecular formula is C33H33F2N6O9P. The zero-order chi connectivity index (χ0) is 36.5. The normalized spacial score (nSPS) is 19.2. The standard InChI is InChI=1S/C33H33F2N6O9P/c1-38-12-16-7-8-41(24(16)14-38)29-18(17-9-19-30(42)20(32(43)44)13-39(2)31(19)36-11-17)5-4-6-22-25(29)26-27(35)21(34)10-23(28(26)37-22)40(3)33(45)49-15-50-51(46,47)48/h4-5,9-11,13,16,24,37H,6-8,12,14-15H2,1-3H3,(H,43,44)(H2,46,47,48)/t16-,24+/m1/s1. The molecule has 18 heteroatoms. The average Bonchev–Trinajstić information content (AvgIpc) is 3.71. The summed E-state index contributed by atoms with van der Waals surface area (Å²) in [4.78, 5) is 69.0. The van der Waals surface area contributed by atoms with Gasteiger partial charge in [-0.1, -0.05) is 12.2 Å². The molecule has 0 spiro atoms. The number of carboxylic acid groups (broad SMARTS) is 1. The molecule has 2 atom stereocenters. The first kappa shape index (κ1) is 34.5. The molecule has 2 fully saturated rings. The number of aromatic amines is 1. The predicted molar refractivity (Wildman–Crippen MR) is 181 cm³/mol. The number of carboxylic acids is 1. The number of hydrogen-bond donors (Lipinski definition) is 4. The van der Waals surface area contributed by atoms with Gasteiger partial charge in [0, 0.05) is 87.0 Å². The summed E-state index contributed by atoms with van der Waals surface area (Å²) >= 11 is 0. The first-order valence-corrected chi connectivity index (χ1v) is 17.4. The molecule has 0 radical (unpaired) electrons. The Morgan fingerprint density at radius 2 is 1.96 bits per heavy atom. The van der Waals surface area contributed by atoms with Crippen LogP contribution in [0.4, 0.5) is 19.3 Å². The van der Waals surface area contributed by atoms with Gasteiger partial charge in [-0.05, 0) is 25.5 Å². The van der Waals surface area contributed by atoms with Crippen LogP contribution in [0, 0.1) is 17.6 Å². The fraction of sp³-hybridized carbons (Fsp3) is 0.333. The Bertz CT molecular complexity index is 2320. The summed E-state index contributed by atoms with van der Waals surface area (Å²) in [6, 6.07) is 2.39. The molecule has 7 rings (SSSR count). The van der Waals surface area contributed by atoms with E-state index in [-0.39, 0.29) is 46.0 Å². The van der Waals surface area contributed by atoms with E-state index in [0.717, 1.165) is 23.9 Å². The van der Waals surface area contributed by atoms with E-state index in [0.29, 0.717) is 41.2 Å². The number of amides is 1. The molecule has 5 heterocycles. The van der Waals surface area contributed by atoms with Gasteiger partial charge in [0.2, 0.25) is 12.2 Å². The molecule has 51 heavy (non-hydrogen) atoms. The lowest BCUT2D eigenvalue weighted by Gasteiger charge is -2.31. The number of anilines is 1. The van der Waals surface area contributed by atoms with Crippen molar-refractivity contribution in [2.24, 2.45) is 13.0 Å². The number of phosphoric acid groups is 1. The summed E-state index contributed by atoms with van der Waals surface area (Å²) in [7, 11) is -0.125. The summed E-state index contributed by atoms with van der Waals surface area (Å²) < 4.78 is 53.4. The van der Waals surface area contributed by atoms with E-state index in [9.17, 15) is 24.1 Å². The first-order valence-electron chi connectivity index (χ1n) is 15.9. The SMILES string of the molecule is CN1C[C@H]2CCN(C3=C(c4cnc5c(c4)c(=O)c(C(=O)O)cn5C)C=CCc4[nH]c5c(N(C)C(=O)OCOP(=O)(O)O)cc(F)c(F)c5c43)[C@H]2C1. The molecular weight excluding hydrogens is 693 g/mol. The van der Waals surface area contributed by atoms with Crippen molar-refractivity contribution in [3.8, 4) is 0 Å². The van der Waals surface area contributed by atoms with Crippen molar-refractivity contribution in [1.82, 2.24) is 24.3 Å². The molecule has 4 N–H and O–H groups in total. The molecule has 1 aromatic carbocycles. The van der Waals surface area contributed by atoms with E-state index in [1.165, 1.54) is 17.8 Å². The Balaban J connectivity index is 1.46. The molecule has 3 aliphatic rings. The predicted octanol–water partition coefficient (Wildman–Crippen LogP) is 3.65. The number of likely N-dealkylation sites (N-methyl/N-ethyl adjacent to an activating group) is 1. The third-order valence-electron chi connectivity index (χ3n) is 9.73. The van der Waals surface area contributed by atoms with Crippen LogP contribution in [0.15, 0.2) is 41.5 Å². The van der Waals surface area contributed by atoms with E-state index in [4.69, 9.17) is 14.5 Å². The third kappa shape index (κ3) is 6.00. The number of fused-ring (bicyclic) bond motifs is 5. The Kier molecular flexibility index (Phi) is 8.58. The molecule has 15 nitrogen and oxygen atoms in total. The molecule has 0 unspecified atom stereocenters. The minimum absolute atomic E-state index is 0.00645. The quantitative estimate of drug-likeness (QED) is 0.160. The number of nitrogens with zero attached hydrogens (tertiary/aromatic N) is 5. The second kappa shape index (κ2) is 12.7. The second-order valence-corrected chi connectivity index (χ2v) is 14.1. The van der Waals surface area contributed by atoms with Crippen LogP contribution in [0.25, 0.3) is 33.2 Å². The van der Waals surface area contributed by atoms with Crippen molar-refractivity contribution in [2.45, 2.75) is 18.9 Å². The Morgan fingerprint density at radius 1 is 1.20 bits per heavy atom. The van der Waals surface area contributed by atoms with Crippen molar-refractivity contribution >= 4 is 58.8 Å². The van der Waals surface area contributed by atoms with Gasteiger partial charge < -0.3 is 39.0 Å². The largest absolute Gasteiger partial charge is 0.477 e. The number of hydrogen-bond acceptors (Lipinski definition) is 9. The molecule has 268 valence electrons. The van der Waals surface area contributed by atoms with Crippen molar-refractivity contribution in [2.75, 3.05) is 45.4 Å². The van der Waals surface area contributed by atoms with Crippen LogP contribution in [0.2, 0.25) is 0 Å². The van der Waals surface area contributed by atoms with Gasteiger partial charge in [0.05, 0.1) is 27.7 Å². The summed E-state index contributed by atoms with van der Waals surface area (Å²) in [5, 5.41) is 9.63. The number of benzene rings is 1. The average molecular weight is 727 g/mol. The maximum Gasteiger partial charge on any atom is 0.472 e. The Morgan fingerprint density at radius 3 is 2.69 bits per heavy atom. The highest BCUT2D eigenvalue weighted by molar-refractivity contribution is 7.46. The van der Waals surface area contributed by atoms with Crippen molar-refractivity contribution in [1.29, 1.82) is 0 Å². The van der Waals surface area contributed by atoms with Crippen molar-refractivity contribution < 1.29 is 47.1 Å². The molecule has 1 amide bonds. The zero-order valence-electron chi connectivity index (χ0n) is 27.6. The van der Waals surface area contributed by atoms with Gasteiger partial charge in [-0.15, -0.1) is 0 Å². The minimum atomic E-state index is -4.95. The molecule has 0 bridgehead atoms. The number of phosphoric ester groups is 1. The highest BCUT2D eigenvalue weighted by Gasteiger charge is 2.43. The number of aryl methyl sites for hydroxylation is 1. The number of halogens is 2. The maximum atomic E-state index is 16.3. The van der Waals surface area contributed by atoms with Crippen molar-refractivity contribution in [3.05, 3.63) is 80.9 Å². The lowest BCUT2D eigenvalue weighted by atomic mass is 9.96. The van der Waals surface area contributed by atoms with Gasteiger partial charge in [0.15, 0.2) is 11.6 Å². The van der Waals surface area contributed by atoms with Gasteiger partial charge in [0.25, 0.3) is 0 Å². The summed E-state index contributed by atoms with van der Waals surface area (Å²) in [5.41, 5.74) is 1.49. The smallest absolute Gasteiger partial charge is 0.472 e. The van der Waals surface area contributed by atoms with Crippen LogP contribution in [0.1, 0.15) is 33.6 Å². The molecule has 2 saturated heterocycles. The Hall–Kier alpha value is -4.93. The molecule has 3 aromatic heterocycles. The van der Waals surface area contributed by atoms with Gasteiger partial charge in [-0.2, -0.15) is 0 Å². The first-order chi connectivity index (χ1) is 24.1. The van der Waals surface area contributed by atoms with Gasteiger partial charge >= 0.3 is 19.9 Å². The fourth-order valence-corrected chi connectivity index (χ4v) is 7.70. The number of ether oxygens (including phenoxy) is 1. The van der Waals surface area contributed by atoms with E-state index >= 15 is 8.78 Å². The number of allylic oxidation sites excluding steroid dienone is 3. The number of pyridine rings is 2. The zero-order valence-corrected chi connectivity index (χ0v) is 28.5. The van der Waals surface area contributed by atoms with Gasteiger partial charge in [-0.3, -0.25) is 9.69 Å². The van der Waals surface area contributed by atoms with Crippen LogP contribution in [-0.4, -0.2) is 97.9 Å². The minimum Gasteiger partial charge on any atom is -0.477 e. The number of rotatable bonds is 7. The van der Waals surface area contributed by atoms with Gasteiger partial charge in [-0.25, -0.2) is 32.4 Å². The number of likely N-dealkylation sites (tertiary alicyclic amines) is 2. The van der Waals surface area contributed by atoms with Crippen LogP contribution < -0.4 is 10.3 Å². The molecule has 0 saturated carbocycles. The lowest BCUT2D eigenvalue weighted by Crippen LogP contribution is -2.34.